The number of nitrogens with zero attached hydrogens (tertiary/aromatic N) is 1. The van der Waals surface area contributed by atoms with Gasteiger partial charge in [0.15, 0.2) is 6.61 Å². The highest BCUT2D eigenvalue weighted by atomic mass is 79.9. The van der Waals surface area contributed by atoms with Crippen molar-refractivity contribution >= 4 is 67.2 Å². The van der Waals surface area contributed by atoms with Gasteiger partial charge in [0.05, 0.1) is 24.0 Å². The maximum atomic E-state index is 13.0. The molecule has 188 valence electrons. The van der Waals surface area contributed by atoms with Crippen molar-refractivity contribution in [3.05, 3.63) is 29.8 Å². The van der Waals surface area contributed by atoms with Crippen LogP contribution < -0.4 is 5.32 Å². The zero-order valence-electron chi connectivity index (χ0n) is 19.2. The Kier molecular flexibility index (Phi) is 7.65. The van der Waals surface area contributed by atoms with E-state index in [0.29, 0.717) is 24.3 Å². The Labute approximate surface area is 219 Å². The minimum Gasteiger partial charge on any atom is -0.462 e. The van der Waals surface area contributed by atoms with Crippen LogP contribution in [0.1, 0.15) is 37.0 Å². The highest BCUT2D eigenvalue weighted by Crippen LogP contribution is 2.60. The molecule has 7 atom stereocenters. The van der Waals surface area contributed by atoms with E-state index in [1.807, 2.05) is 6.92 Å². The van der Waals surface area contributed by atoms with Crippen molar-refractivity contribution in [1.29, 1.82) is 0 Å². The van der Waals surface area contributed by atoms with Crippen LogP contribution in [0, 0.1) is 23.7 Å². The number of esters is 2. The third kappa shape index (κ3) is 4.76. The molecule has 1 saturated heterocycles. The highest BCUT2D eigenvalue weighted by molar-refractivity contribution is 9.12. The molecule has 1 aromatic carbocycles. The average Bonchev–Trinajstić information content (AvgIpc) is 3.45. The third-order valence-electron chi connectivity index (χ3n) is 6.94. The first kappa shape index (κ1) is 25.8. The number of benzene rings is 1. The van der Waals surface area contributed by atoms with E-state index < -0.39 is 42.3 Å². The second-order valence-corrected chi connectivity index (χ2v) is 11.2. The zero-order chi connectivity index (χ0) is 25.4. The first-order valence-electron chi connectivity index (χ1n) is 11.5. The maximum Gasteiger partial charge on any atom is 0.338 e. The number of rotatable bonds is 8. The highest BCUT2D eigenvalue weighted by Gasteiger charge is 2.67. The summed E-state index contributed by atoms with van der Waals surface area (Å²) in [4.78, 5) is 64.0. The van der Waals surface area contributed by atoms with E-state index in [0.717, 1.165) is 11.3 Å². The second kappa shape index (κ2) is 10.4. The number of hydrogen-bond donors (Lipinski definition) is 1. The van der Waals surface area contributed by atoms with Crippen molar-refractivity contribution in [3.63, 3.8) is 0 Å². The lowest BCUT2D eigenvalue weighted by Crippen LogP contribution is -2.45. The first-order chi connectivity index (χ1) is 16.6. The Morgan fingerprint density at radius 2 is 1.60 bits per heavy atom. The zero-order valence-corrected chi connectivity index (χ0v) is 22.4. The SMILES string of the molecule is CCCOC(=O)c1ccc(NC(=O)COC(=O)[C@H](C)N2C(=O)[C@@H]3[C@H]4C[C@@H]([C@@H](Br)[C@H]4Br)[C@H]3C2=O)cc1. The molecule has 35 heavy (non-hydrogen) atoms. The van der Waals surface area contributed by atoms with Crippen LogP contribution in [0.15, 0.2) is 24.3 Å². The van der Waals surface area contributed by atoms with Crippen LogP contribution in [0.3, 0.4) is 0 Å². The summed E-state index contributed by atoms with van der Waals surface area (Å²) < 4.78 is 10.1. The molecule has 2 saturated carbocycles. The lowest BCUT2D eigenvalue weighted by molar-refractivity contribution is -0.159. The van der Waals surface area contributed by atoms with E-state index in [4.69, 9.17) is 9.47 Å². The van der Waals surface area contributed by atoms with Gasteiger partial charge in [0, 0.05) is 15.3 Å². The molecule has 2 bridgehead atoms. The van der Waals surface area contributed by atoms with E-state index in [9.17, 15) is 24.0 Å². The van der Waals surface area contributed by atoms with Crippen LogP contribution in [0.25, 0.3) is 0 Å². The van der Waals surface area contributed by atoms with Gasteiger partial charge >= 0.3 is 11.9 Å². The summed E-state index contributed by atoms with van der Waals surface area (Å²) in [5.74, 6) is -3.31. The fraction of sp³-hybridized carbons (Fsp3) is 0.542. The lowest BCUT2D eigenvalue weighted by Gasteiger charge is -2.28. The molecular formula is C24H26Br2N2O7. The molecule has 0 spiro atoms. The van der Waals surface area contributed by atoms with Gasteiger partial charge in [-0.1, -0.05) is 38.8 Å². The van der Waals surface area contributed by atoms with Gasteiger partial charge in [-0.3, -0.25) is 19.3 Å². The van der Waals surface area contributed by atoms with Crippen LogP contribution in [0.5, 0.6) is 0 Å². The fourth-order valence-electron chi connectivity index (χ4n) is 5.28. The number of carbonyl (C=O) groups is 5. The Bertz CT molecular complexity index is 1010. The van der Waals surface area contributed by atoms with Gasteiger partial charge < -0.3 is 14.8 Å². The first-order valence-corrected chi connectivity index (χ1v) is 13.4. The van der Waals surface area contributed by atoms with E-state index in [1.165, 1.54) is 31.2 Å². The number of likely N-dealkylation sites (tertiary alicyclic amines) is 1. The molecule has 3 amide bonds. The number of amides is 3. The molecule has 1 aliphatic heterocycles. The molecule has 3 aliphatic rings. The Morgan fingerprint density at radius 1 is 1.03 bits per heavy atom. The summed E-state index contributed by atoms with van der Waals surface area (Å²) in [5.41, 5.74) is 0.764. The van der Waals surface area contributed by atoms with Gasteiger partial charge in [-0.05, 0) is 55.9 Å². The molecular weight excluding hydrogens is 588 g/mol. The Morgan fingerprint density at radius 3 is 2.14 bits per heavy atom. The minimum atomic E-state index is -1.12. The molecule has 0 radical (unpaired) electrons. The quantitative estimate of drug-likeness (QED) is 0.272. The molecule has 0 aromatic heterocycles. The minimum absolute atomic E-state index is 0.0460. The van der Waals surface area contributed by atoms with Crippen molar-refractivity contribution in [1.82, 2.24) is 4.90 Å². The van der Waals surface area contributed by atoms with E-state index in [2.05, 4.69) is 37.2 Å². The van der Waals surface area contributed by atoms with Gasteiger partial charge in [0.1, 0.15) is 6.04 Å². The molecule has 11 heteroatoms. The lowest BCUT2D eigenvalue weighted by atomic mass is 9.81. The summed E-state index contributed by atoms with van der Waals surface area (Å²) in [6, 6.07) is 4.99. The third-order valence-corrected chi connectivity index (χ3v) is 10.1. The van der Waals surface area contributed by atoms with Crippen molar-refractivity contribution in [2.45, 2.75) is 42.4 Å². The van der Waals surface area contributed by atoms with E-state index >= 15 is 0 Å². The van der Waals surface area contributed by atoms with Crippen LogP contribution in [0.2, 0.25) is 0 Å². The largest absolute Gasteiger partial charge is 0.462 e. The molecule has 1 heterocycles. The fourth-order valence-corrected chi connectivity index (χ4v) is 7.15. The van der Waals surface area contributed by atoms with Crippen LogP contribution in [-0.4, -0.2) is 63.5 Å². The van der Waals surface area contributed by atoms with Crippen molar-refractivity contribution in [2.24, 2.45) is 23.7 Å². The normalized spacial score (nSPS) is 29.7. The molecule has 0 unspecified atom stereocenters. The van der Waals surface area contributed by atoms with Crippen molar-refractivity contribution in [3.8, 4) is 0 Å². The van der Waals surface area contributed by atoms with Gasteiger partial charge in [-0.25, -0.2) is 9.59 Å². The predicted octanol–water partition coefficient (Wildman–Crippen LogP) is 2.90. The monoisotopic (exact) mass is 612 g/mol. The van der Waals surface area contributed by atoms with Crippen molar-refractivity contribution in [2.75, 3.05) is 18.5 Å². The number of alkyl halides is 2. The number of ether oxygens (including phenoxy) is 2. The summed E-state index contributed by atoms with van der Waals surface area (Å²) in [5, 5.41) is 2.57. The smallest absolute Gasteiger partial charge is 0.338 e. The Balaban J connectivity index is 1.29. The maximum absolute atomic E-state index is 13.0. The number of nitrogens with one attached hydrogen (secondary N) is 1. The van der Waals surface area contributed by atoms with Gasteiger partial charge in [-0.2, -0.15) is 0 Å². The van der Waals surface area contributed by atoms with Gasteiger partial charge in [-0.15, -0.1) is 0 Å². The molecule has 2 aliphatic carbocycles. The standard InChI is InChI=1S/C24H26Br2N2O7/c1-3-8-34-24(33)12-4-6-13(7-5-12)27-16(29)10-35-23(32)11(2)28-21(30)17-14-9-15(18(17)22(28)31)20(26)19(14)25/h4-7,11,14-15,17-20H,3,8-10H2,1-2H3,(H,27,29)/t11-,14+,15+,17+,18+,19-,20+/m0/s1. The molecule has 3 fully saturated rings. The topological polar surface area (TPSA) is 119 Å². The summed E-state index contributed by atoms with van der Waals surface area (Å²) in [6.07, 6.45) is 1.51. The molecule has 1 N–H and O–H groups in total. The second-order valence-electron chi connectivity index (χ2n) is 9.10. The number of hydrogen-bond acceptors (Lipinski definition) is 7. The van der Waals surface area contributed by atoms with E-state index in [1.54, 1.807) is 0 Å². The van der Waals surface area contributed by atoms with Gasteiger partial charge in [0.2, 0.25) is 11.8 Å². The van der Waals surface area contributed by atoms with Gasteiger partial charge in [0.25, 0.3) is 5.91 Å². The molecule has 4 rings (SSSR count). The van der Waals surface area contributed by atoms with Crippen LogP contribution in [-0.2, 0) is 28.7 Å². The predicted molar refractivity (Wildman–Crippen MR) is 132 cm³/mol. The summed E-state index contributed by atoms with van der Waals surface area (Å²) in [6.45, 7) is 3.08. The van der Waals surface area contributed by atoms with E-state index in [-0.39, 0.29) is 33.3 Å². The average molecular weight is 614 g/mol. The summed E-state index contributed by atoms with van der Waals surface area (Å²) >= 11 is 7.26. The number of halogens is 2. The number of fused-ring (bicyclic) bond motifs is 5. The molecule has 1 aromatic rings. The number of carbonyl (C=O) groups excluding carboxylic acids is 5. The van der Waals surface area contributed by atoms with Crippen molar-refractivity contribution < 1.29 is 33.4 Å². The van der Waals surface area contributed by atoms with Crippen LogP contribution >= 0.6 is 31.9 Å². The number of imide groups is 1. The Hall–Kier alpha value is -2.27. The molecule has 9 nitrogen and oxygen atoms in total. The number of anilines is 1. The van der Waals surface area contributed by atoms with Crippen LogP contribution in [0.4, 0.5) is 5.69 Å². The summed E-state index contributed by atoms with van der Waals surface area (Å²) in [7, 11) is 0.